The van der Waals surface area contributed by atoms with Gasteiger partial charge >= 0.3 is 0 Å². The maximum absolute atomic E-state index is 5.31. The smallest absolute Gasteiger partial charge is 0.163 e. The number of rotatable bonds is 4. The summed E-state index contributed by atoms with van der Waals surface area (Å²) in [6, 6.07) is 69.9. The van der Waals surface area contributed by atoms with Gasteiger partial charge in [0.25, 0.3) is 0 Å². The molecule has 3 heterocycles. The number of fused-ring (bicyclic) bond motifs is 12. The van der Waals surface area contributed by atoms with Crippen LogP contribution in [0.1, 0.15) is 25.0 Å². The first kappa shape index (κ1) is 38.0. The predicted octanol–water partition coefficient (Wildman–Crippen LogP) is 15.4. The third kappa shape index (κ3) is 6.39. The molecule has 0 unspecified atom stereocenters. The zero-order valence-corrected chi connectivity index (χ0v) is 36.1. The summed E-state index contributed by atoms with van der Waals surface area (Å²) in [5, 5.41) is 0. The van der Waals surface area contributed by atoms with Crippen molar-refractivity contribution < 1.29 is 0 Å². The van der Waals surface area contributed by atoms with Gasteiger partial charge in [0.2, 0.25) is 0 Å². The number of hydrogen-bond acceptors (Lipinski definition) is 5. The summed E-state index contributed by atoms with van der Waals surface area (Å²) < 4.78 is 0. The molecule has 0 fully saturated rings. The molecule has 0 saturated heterocycles. The third-order valence-corrected chi connectivity index (χ3v) is 14.0. The molecule has 0 atom stereocenters. The predicted molar refractivity (Wildman–Crippen MR) is 263 cm³/mol. The zero-order valence-electron chi connectivity index (χ0n) is 35.3. The van der Waals surface area contributed by atoms with Crippen LogP contribution >= 0.6 is 11.8 Å². The van der Waals surface area contributed by atoms with Gasteiger partial charge in [-0.15, -0.1) is 0 Å². The summed E-state index contributed by atoms with van der Waals surface area (Å²) in [6.07, 6.45) is 3.67. The molecule has 10 aromatic rings. The van der Waals surface area contributed by atoms with Gasteiger partial charge in [0, 0.05) is 44.3 Å². The van der Waals surface area contributed by atoms with Crippen LogP contribution in [0.4, 0.5) is 0 Å². The van der Waals surface area contributed by atoms with E-state index in [1.54, 1.807) is 0 Å². The van der Waals surface area contributed by atoms with E-state index in [0.717, 1.165) is 44.8 Å². The Hall–Kier alpha value is -7.73. The minimum Gasteiger partial charge on any atom is -0.236 e. The highest BCUT2D eigenvalue weighted by Crippen LogP contribution is 2.55. The van der Waals surface area contributed by atoms with Gasteiger partial charge in [-0.3, -0.25) is 0 Å². The maximum atomic E-state index is 5.31. The maximum Gasteiger partial charge on any atom is 0.163 e. The SMILES string of the molecule is CC1(C)c2ccccc2-c2cc3c(cc21)Sc1ccccc1-c1ccccc1-c1ccccc1-c1ccc(-c2cc(-c4ccccc4)nc(-c4cnc(-c5ccccc5)nc4)n2)cc1-3. The number of hydrogen-bond donors (Lipinski definition) is 0. The second-order valence-corrected chi connectivity index (χ2v) is 18.1. The first-order valence-corrected chi connectivity index (χ1v) is 22.5. The van der Waals surface area contributed by atoms with Gasteiger partial charge in [-0.05, 0) is 97.1 Å². The highest BCUT2D eigenvalue weighted by molar-refractivity contribution is 7.99. The lowest BCUT2D eigenvalue weighted by Crippen LogP contribution is -2.15. The zero-order chi connectivity index (χ0) is 42.8. The molecule has 1 aliphatic carbocycles. The van der Waals surface area contributed by atoms with Crippen LogP contribution in [0.15, 0.2) is 216 Å². The first-order chi connectivity index (χ1) is 31.5. The van der Waals surface area contributed by atoms with Crippen LogP contribution in [0.3, 0.4) is 0 Å². The Balaban J connectivity index is 1.13. The summed E-state index contributed by atoms with van der Waals surface area (Å²) in [5.74, 6) is 1.23. The Morgan fingerprint density at radius 2 is 0.859 bits per heavy atom. The van der Waals surface area contributed by atoms with Crippen molar-refractivity contribution in [1.82, 2.24) is 19.9 Å². The van der Waals surface area contributed by atoms with E-state index < -0.39 is 0 Å². The van der Waals surface area contributed by atoms with Crippen LogP contribution < -0.4 is 0 Å². The molecule has 0 N–H and O–H groups in total. The van der Waals surface area contributed by atoms with Gasteiger partial charge in [-0.2, -0.15) is 0 Å². The van der Waals surface area contributed by atoms with Crippen molar-refractivity contribution in [2.75, 3.05) is 0 Å². The largest absolute Gasteiger partial charge is 0.236 e. The van der Waals surface area contributed by atoms with Crippen LogP contribution in [-0.4, -0.2) is 19.9 Å². The van der Waals surface area contributed by atoms with Crippen molar-refractivity contribution in [2.24, 2.45) is 0 Å². The van der Waals surface area contributed by atoms with Crippen LogP contribution in [0.25, 0.3) is 101 Å². The monoisotopic (exact) mass is 836 g/mol. The topological polar surface area (TPSA) is 51.6 Å². The molecule has 64 heavy (non-hydrogen) atoms. The summed E-state index contributed by atoms with van der Waals surface area (Å²) in [5.41, 5.74) is 20.0. The quantitative estimate of drug-likeness (QED) is 0.177. The van der Waals surface area contributed by atoms with Crippen LogP contribution in [0, 0.1) is 0 Å². The molecule has 0 saturated carbocycles. The fourth-order valence-electron chi connectivity index (χ4n) is 9.65. The van der Waals surface area contributed by atoms with Crippen molar-refractivity contribution >= 4 is 11.8 Å². The lowest BCUT2D eigenvalue weighted by molar-refractivity contribution is 0.659. The Morgan fingerprint density at radius 1 is 0.328 bits per heavy atom. The molecule has 4 nitrogen and oxygen atoms in total. The molecule has 302 valence electrons. The number of aromatic nitrogens is 4. The Bertz CT molecular complexity index is 3430. The van der Waals surface area contributed by atoms with Crippen LogP contribution in [-0.2, 0) is 5.41 Å². The third-order valence-electron chi connectivity index (χ3n) is 12.9. The standard InChI is InChI=1S/C59H40N4S/c1-59(2)51-27-15-13-25-46(51)49-32-50-48-31-39(54-34-53(37-17-5-3-6-18-37)62-58(63-54)40-35-60-57(61-36-40)38-19-7-4-8-20-38)29-30-45(48)43-23-10-9-21-41(43)42-22-11-12-24-44(42)47-26-14-16-28-55(47)64-56(50)33-52(49)59/h3-36H,1-2H3. The number of benzene rings is 8. The normalized spacial score (nSPS) is 12.9. The average molecular weight is 837 g/mol. The first-order valence-electron chi connectivity index (χ1n) is 21.7. The summed E-state index contributed by atoms with van der Waals surface area (Å²) >= 11 is 1.86. The molecule has 2 aromatic heterocycles. The van der Waals surface area contributed by atoms with Crippen molar-refractivity contribution in [1.29, 1.82) is 0 Å². The molecule has 12 rings (SSSR count). The highest BCUT2D eigenvalue weighted by Gasteiger charge is 2.37. The molecular weight excluding hydrogens is 797 g/mol. The van der Waals surface area contributed by atoms with E-state index in [-0.39, 0.29) is 5.41 Å². The summed E-state index contributed by atoms with van der Waals surface area (Å²) in [4.78, 5) is 22.4. The van der Waals surface area contributed by atoms with Crippen LogP contribution in [0.5, 0.6) is 0 Å². The lowest BCUT2D eigenvalue weighted by atomic mass is 9.81. The molecule has 0 spiro atoms. The molecule has 8 aromatic carbocycles. The molecule has 5 heteroatoms. The second kappa shape index (κ2) is 15.3. The van der Waals surface area contributed by atoms with E-state index in [1.807, 2.05) is 72.7 Å². The van der Waals surface area contributed by atoms with E-state index in [9.17, 15) is 0 Å². The molecular formula is C59H40N4S. The van der Waals surface area contributed by atoms with Crippen molar-refractivity contribution in [2.45, 2.75) is 29.1 Å². The minimum atomic E-state index is -0.161. The van der Waals surface area contributed by atoms with Crippen LogP contribution in [0.2, 0.25) is 0 Å². The minimum absolute atomic E-state index is 0.161. The second-order valence-electron chi connectivity index (χ2n) is 17.0. The van der Waals surface area contributed by atoms with Gasteiger partial charge < -0.3 is 0 Å². The van der Waals surface area contributed by atoms with E-state index in [4.69, 9.17) is 19.9 Å². The Labute approximate surface area is 377 Å². The summed E-state index contributed by atoms with van der Waals surface area (Å²) in [7, 11) is 0. The summed E-state index contributed by atoms with van der Waals surface area (Å²) in [6.45, 7) is 4.73. The molecule has 0 bridgehead atoms. The Kier molecular flexibility index (Phi) is 9.06. The van der Waals surface area contributed by atoms with Gasteiger partial charge in [0.15, 0.2) is 11.6 Å². The van der Waals surface area contributed by atoms with Crippen molar-refractivity contribution in [3.05, 3.63) is 218 Å². The van der Waals surface area contributed by atoms with E-state index in [0.29, 0.717) is 11.6 Å². The highest BCUT2D eigenvalue weighted by atomic mass is 32.2. The van der Waals surface area contributed by atoms with Crippen molar-refractivity contribution in [3.8, 4) is 101 Å². The van der Waals surface area contributed by atoms with Gasteiger partial charge in [-0.1, -0.05) is 189 Å². The van der Waals surface area contributed by atoms with Gasteiger partial charge in [0.1, 0.15) is 0 Å². The fraction of sp³-hybridized carbons (Fsp3) is 0.0508. The fourth-order valence-corrected chi connectivity index (χ4v) is 10.8. The van der Waals surface area contributed by atoms with E-state index >= 15 is 0 Å². The number of nitrogens with zero attached hydrogens (tertiary/aromatic N) is 4. The van der Waals surface area contributed by atoms with Gasteiger partial charge in [0.05, 0.1) is 17.0 Å². The van der Waals surface area contributed by atoms with E-state index in [2.05, 4.69) is 159 Å². The van der Waals surface area contributed by atoms with E-state index in [1.165, 1.54) is 65.4 Å². The molecule has 2 aliphatic rings. The Morgan fingerprint density at radius 3 is 1.53 bits per heavy atom. The molecule has 0 amide bonds. The lowest BCUT2D eigenvalue weighted by Gasteiger charge is -2.24. The molecule has 0 radical (unpaired) electrons. The average Bonchev–Trinajstić information content (AvgIpc) is 3.58. The van der Waals surface area contributed by atoms with Gasteiger partial charge in [-0.25, -0.2) is 19.9 Å². The van der Waals surface area contributed by atoms with Crippen molar-refractivity contribution in [3.63, 3.8) is 0 Å². The molecule has 1 aliphatic heterocycles.